The summed E-state index contributed by atoms with van der Waals surface area (Å²) in [5.74, 6) is 2.11. The van der Waals surface area contributed by atoms with Crippen LogP contribution in [0.1, 0.15) is 52.4 Å². The fraction of sp³-hybridized carbons (Fsp3) is 1.00. The van der Waals surface area contributed by atoms with Crippen molar-refractivity contribution in [1.29, 1.82) is 0 Å². The molecule has 0 aromatic carbocycles. The Morgan fingerprint density at radius 1 is 1.17 bits per heavy atom. The molecular weight excluding hydrogens is 184 g/mol. The van der Waals surface area contributed by atoms with Gasteiger partial charge in [-0.05, 0) is 12.3 Å². The molecule has 2 heteroatoms. The number of unbranched alkanes of at least 4 members (excludes halogenated alkanes) is 3. The van der Waals surface area contributed by atoms with Crippen molar-refractivity contribution in [2.75, 3.05) is 5.75 Å². The molecule has 0 fully saturated rings. The molecule has 1 atom stereocenters. The van der Waals surface area contributed by atoms with Gasteiger partial charge in [-0.15, -0.1) is 11.7 Å². The third kappa shape index (κ3) is 8.79. The smallest absolute Gasteiger partial charge is 0.00370 e. The zero-order valence-corrected chi connectivity index (χ0v) is 10.1. The van der Waals surface area contributed by atoms with Crippen LogP contribution in [0.4, 0.5) is 0 Å². The first-order chi connectivity index (χ1) is 5.81. The average Bonchev–Trinajstić information content (AvgIpc) is 2.09. The molecule has 0 radical (unpaired) electrons. The molecule has 0 aromatic heterocycles. The zero-order chi connectivity index (χ0) is 9.23. The molecule has 0 aliphatic heterocycles. The van der Waals surface area contributed by atoms with Gasteiger partial charge >= 0.3 is 0 Å². The topological polar surface area (TPSA) is 0 Å². The zero-order valence-electron chi connectivity index (χ0n) is 8.38. The van der Waals surface area contributed by atoms with Gasteiger partial charge in [0.25, 0.3) is 0 Å². The lowest BCUT2D eigenvalue weighted by Gasteiger charge is -2.09. The molecule has 0 saturated carbocycles. The van der Waals surface area contributed by atoms with Crippen LogP contribution in [0, 0.1) is 5.92 Å². The summed E-state index contributed by atoms with van der Waals surface area (Å²) in [5.41, 5.74) is 0. The van der Waals surface area contributed by atoms with Crippen LogP contribution in [0.25, 0.3) is 0 Å². The van der Waals surface area contributed by atoms with E-state index in [1.54, 1.807) is 10.8 Å². The Labute approximate surface area is 86.7 Å². The van der Waals surface area contributed by atoms with E-state index in [1.807, 2.05) is 0 Å². The molecule has 0 amide bonds. The molecule has 0 N–H and O–H groups in total. The fourth-order valence-corrected chi connectivity index (χ4v) is 2.14. The van der Waals surface area contributed by atoms with Crippen LogP contribution in [0.15, 0.2) is 0 Å². The summed E-state index contributed by atoms with van der Waals surface area (Å²) in [6.07, 6.45) is 8.35. The van der Waals surface area contributed by atoms with Crippen LogP contribution in [0.2, 0.25) is 0 Å². The lowest BCUT2D eigenvalue weighted by molar-refractivity contribution is 0.480. The highest BCUT2D eigenvalue weighted by atomic mass is 33.1. The highest BCUT2D eigenvalue weighted by Gasteiger charge is 2.00. The minimum atomic E-state index is 0.904. The van der Waals surface area contributed by atoms with E-state index >= 15 is 0 Å². The summed E-state index contributed by atoms with van der Waals surface area (Å²) in [4.78, 5) is 0. The van der Waals surface area contributed by atoms with E-state index in [0.29, 0.717) is 0 Å². The third-order valence-corrected chi connectivity index (χ3v) is 3.22. The number of hydrogen-bond donors (Lipinski definition) is 1. The molecule has 0 heterocycles. The van der Waals surface area contributed by atoms with Crippen molar-refractivity contribution in [1.82, 2.24) is 0 Å². The number of thiol groups is 1. The number of hydrogen-bond acceptors (Lipinski definition) is 2. The Morgan fingerprint density at radius 3 is 2.50 bits per heavy atom. The van der Waals surface area contributed by atoms with Crippen molar-refractivity contribution in [3.8, 4) is 0 Å². The Kier molecular flexibility index (Phi) is 10.4. The largest absolute Gasteiger partial charge is 0.111 e. The predicted octanol–water partition coefficient (Wildman–Crippen LogP) is 4.56. The molecule has 0 aliphatic rings. The molecule has 74 valence electrons. The minimum absolute atomic E-state index is 0.904. The van der Waals surface area contributed by atoms with Crippen molar-refractivity contribution in [3.05, 3.63) is 0 Å². The lowest BCUT2D eigenvalue weighted by Crippen LogP contribution is -1.95. The van der Waals surface area contributed by atoms with E-state index in [2.05, 4.69) is 25.5 Å². The Hall–Kier alpha value is 0.700. The Bertz CT molecular complexity index is 83.9. The van der Waals surface area contributed by atoms with E-state index in [0.717, 1.165) is 5.92 Å². The molecule has 0 aliphatic carbocycles. The van der Waals surface area contributed by atoms with Gasteiger partial charge in [-0.1, -0.05) is 56.7 Å². The second-order valence-electron chi connectivity index (χ2n) is 3.58. The van der Waals surface area contributed by atoms with Crippen molar-refractivity contribution < 1.29 is 0 Å². The number of rotatable bonds is 8. The first-order valence-corrected chi connectivity index (χ1v) is 7.11. The predicted molar refractivity (Wildman–Crippen MR) is 64.0 cm³/mol. The van der Waals surface area contributed by atoms with Gasteiger partial charge in [0, 0.05) is 5.75 Å². The highest BCUT2D eigenvalue weighted by molar-refractivity contribution is 8.68. The summed E-state index contributed by atoms with van der Waals surface area (Å²) >= 11 is 4.14. The van der Waals surface area contributed by atoms with E-state index in [4.69, 9.17) is 0 Å². The molecule has 0 saturated heterocycles. The molecule has 0 spiro atoms. The molecule has 0 bridgehead atoms. The maximum absolute atomic E-state index is 4.14. The van der Waals surface area contributed by atoms with Crippen molar-refractivity contribution >= 4 is 22.5 Å². The van der Waals surface area contributed by atoms with Crippen LogP contribution in [-0.4, -0.2) is 5.75 Å². The van der Waals surface area contributed by atoms with Crippen LogP contribution >= 0.6 is 22.5 Å². The van der Waals surface area contributed by atoms with Crippen molar-refractivity contribution in [3.63, 3.8) is 0 Å². The second-order valence-corrected chi connectivity index (χ2v) is 5.02. The Morgan fingerprint density at radius 2 is 1.92 bits per heavy atom. The normalized spacial score (nSPS) is 13.2. The van der Waals surface area contributed by atoms with Crippen LogP contribution in [0.3, 0.4) is 0 Å². The highest BCUT2D eigenvalue weighted by Crippen LogP contribution is 2.17. The SMILES string of the molecule is CCCCCCC(C)CCSS. The van der Waals surface area contributed by atoms with Crippen LogP contribution < -0.4 is 0 Å². The molecule has 12 heavy (non-hydrogen) atoms. The van der Waals surface area contributed by atoms with Gasteiger partial charge in [0.2, 0.25) is 0 Å². The Balaban J connectivity index is 3.02. The van der Waals surface area contributed by atoms with E-state index in [9.17, 15) is 0 Å². The van der Waals surface area contributed by atoms with Gasteiger partial charge in [0.1, 0.15) is 0 Å². The minimum Gasteiger partial charge on any atom is -0.111 e. The lowest BCUT2D eigenvalue weighted by atomic mass is 10.0. The van der Waals surface area contributed by atoms with Gasteiger partial charge in [-0.3, -0.25) is 0 Å². The van der Waals surface area contributed by atoms with Gasteiger partial charge in [0.15, 0.2) is 0 Å². The van der Waals surface area contributed by atoms with Gasteiger partial charge in [-0.2, -0.15) is 0 Å². The first kappa shape index (κ1) is 12.7. The van der Waals surface area contributed by atoms with Gasteiger partial charge < -0.3 is 0 Å². The molecule has 1 unspecified atom stereocenters. The quantitative estimate of drug-likeness (QED) is 0.345. The maximum atomic E-state index is 4.14. The summed E-state index contributed by atoms with van der Waals surface area (Å²) in [6, 6.07) is 0. The third-order valence-electron chi connectivity index (χ3n) is 2.25. The second kappa shape index (κ2) is 9.79. The molecule has 0 aromatic rings. The first-order valence-electron chi connectivity index (χ1n) is 5.07. The van der Waals surface area contributed by atoms with Crippen LogP contribution in [0.5, 0.6) is 0 Å². The van der Waals surface area contributed by atoms with Crippen molar-refractivity contribution in [2.45, 2.75) is 52.4 Å². The van der Waals surface area contributed by atoms with E-state index in [-0.39, 0.29) is 0 Å². The van der Waals surface area contributed by atoms with Gasteiger partial charge in [0.05, 0.1) is 0 Å². The van der Waals surface area contributed by atoms with E-state index < -0.39 is 0 Å². The monoisotopic (exact) mass is 206 g/mol. The molecule has 0 nitrogen and oxygen atoms in total. The van der Waals surface area contributed by atoms with E-state index in [1.165, 1.54) is 44.3 Å². The average molecular weight is 206 g/mol. The van der Waals surface area contributed by atoms with Crippen molar-refractivity contribution in [2.24, 2.45) is 5.92 Å². The standard InChI is InChI=1S/C10H22S2/c1-3-4-5-6-7-10(2)8-9-12-11/h10-11H,3-9H2,1-2H3. The summed E-state index contributed by atoms with van der Waals surface area (Å²) < 4.78 is 0. The summed E-state index contributed by atoms with van der Waals surface area (Å²) in [6.45, 7) is 4.62. The molecule has 0 rings (SSSR count). The summed E-state index contributed by atoms with van der Waals surface area (Å²) in [5, 5.41) is 0. The summed E-state index contributed by atoms with van der Waals surface area (Å²) in [7, 11) is 1.67. The van der Waals surface area contributed by atoms with Gasteiger partial charge in [-0.25, -0.2) is 0 Å². The molecular formula is C10H22S2. The maximum Gasteiger partial charge on any atom is 0.00370 e. The van der Waals surface area contributed by atoms with Crippen LogP contribution in [-0.2, 0) is 0 Å². The fourth-order valence-electron chi connectivity index (χ4n) is 1.32.